The number of hydrogen-bond acceptors (Lipinski definition) is 6. The molecule has 0 aromatic heterocycles. The molecular formula is C12H25O6P. The molecule has 6 nitrogen and oxygen atoms in total. The van der Waals surface area contributed by atoms with E-state index in [0.29, 0.717) is 6.42 Å². The zero-order chi connectivity index (χ0) is 14.6. The number of rotatable bonds is 7. The van der Waals surface area contributed by atoms with Gasteiger partial charge >= 0.3 is 7.60 Å². The van der Waals surface area contributed by atoms with Gasteiger partial charge in [-0.2, -0.15) is 0 Å². The highest BCUT2D eigenvalue weighted by atomic mass is 31.2. The van der Waals surface area contributed by atoms with Crippen molar-refractivity contribution in [1.29, 1.82) is 0 Å². The van der Waals surface area contributed by atoms with Gasteiger partial charge in [0.25, 0.3) is 0 Å². The third-order valence-electron chi connectivity index (χ3n) is 2.73. The molecule has 1 rings (SSSR count). The molecule has 1 aliphatic rings. The Bertz CT molecular complexity index is 293. The Morgan fingerprint density at radius 1 is 1.26 bits per heavy atom. The van der Waals surface area contributed by atoms with Gasteiger partial charge < -0.3 is 23.6 Å². The Hall–Kier alpha value is 0.0300. The Morgan fingerprint density at radius 3 is 2.11 bits per heavy atom. The van der Waals surface area contributed by atoms with Crippen LogP contribution in [0, 0.1) is 0 Å². The number of aliphatic hydroxyl groups is 1. The summed E-state index contributed by atoms with van der Waals surface area (Å²) >= 11 is 0. The molecule has 1 heterocycles. The summed E-state index contributed by atoms with van der Waals surface area (Å²) < 4.78 is 34.7. The average Bonchev–Trinajstić information content (AvgIpc) is 2.70. The second kappa shape index (κ2) is 7.16. The highest BCUT2D eigenvalue weighted by Crippen LogP contribution is 2.59. The van der Waals surface area contributed by atoms with Crippen LogP contribution in [0.5, 0.6) is 0 Å². The van der Waals surface area contributed by atoms with Gasteiger partial charge in [-0.3, -0.25) is 4.57 Å². The van der Waals surface area contributed by atoms with Crippen molar-refractivity contribution in [2.45, 2.75) is 64.4 Å². The monoisotopic (exact) mass is 296 g/mol. The zero-order valence-corrected chi connectivity index (χ0v) is 13.1. The first kappa shape index (κ1) is 17.1. The van der Waals surface area contributed by atoms with Crippen molar-refractivity contribution in [2.75, 3.05) is 13.7 Å². The molecule has 1 saturated heterocycles. The lowest BCUT2D eigenvalue weighted by molar-refractivity contribution is -0.0273. The molecule has 1 fully saturated rings. The molecule has 0 unspecified atom stereocenters. The largest absolute Gasteiger partial charge is 0.394 e. The SMILES string of the molecule is CO[C@H]1C[C@H](P(=O)(OC(C)C)OC(C)C)O[C@@H]1CO. The molecule has 3 atom stereocenters. The molecule has 1 aliphatic heterocycles. The molecular weight excluding hydrogens is 271 g/mol. The first-order valence-electron chi connectivity index (χ1n) is 6.58. The molecule has 0 amide bonds. The van der Waals surface area contributed by atoms with E-state index in [-0.39, 0.29) is 24.9 Å². The minimum atomic E-state index is -3.39. The van der Waals surface area contributed by atoms with E-state index in [1.807, 2.05) is 0 Å². The van der Waals surface area contributed by atoms with E-state index >= 15 is 0 Å². The van der Waals surface area contributed by atoms with E-state index in [0.717, 1.165) is 0 Å². The molecule has 0 bridgehead atoms. The van der Waals surface area contributed by atoms with Crippen LogP contribution < -0.4 is 0 Å². The lowest BCUT2D eigenvalue weighted by Gasteiger charge is -2.27. The van der Waals surface area contributed by atoms with E-state index < -0.39 is 19.5 Å². The van der Waals surface area contributed by atoms with Gasteiger partial charge in [0.15, 0.2) is 5.85 Å². The summed E-state index contributed by atoms with van der Waals surface area (Å²) in [5.41, 5.74) is 0. The smallest absolute Gasteiger partial charge is 0.359 e. The fourth-order valence-corrected chi connectivity index (χ4v) is 4.32. The van der Waals surface area contributed by atoms with Crippen LogP contribution in [0.2, 0.25) is 0 Å². The second-order valence-corrected chi connectivity index (χ2v) is 7.25. The standard InChI is InChI=1S/C12H25O6P/c1-8(2)17-19(14,18-9(3)4)12-6-10(15-5)11(7-13)16-12/h8-13H,6-7H2,1-5H3/t10-,11+,12-/m0/s1. The molecule has 0 aromatic rings. The third kappa shape index (κ3) is 4.52. The number of methoxy groups -OCH3 is 1. The summed E-state index contributed by atoms with van der Waals surface area (Å²) in [6, 6.07) is 0. The summed E-state index contributed by atoms with van der Waals surface area (Å²) in [5.74, 6) is -0.695. The van der Waals surface area contributed by atoms with Gasteiger partial charge in [-0.25, -0.2) is 0 Å². The maximum atomic E-state index is 12.9. The van der Waals surface area contributed by atoms with Gasteiger partial charge in [0.2, 0.25) is 0 Å². The van der Waals surface area contributed by atoms with E-state index in [1.165, 1.54) is 7.11 Å². The van der Waals surface area contributed by atoms with Crippen molar-refractivity contribution in [3.8, 4) is 0 Å². The first-order valence-corrected chi connectivity index (χ1v) is 8.19. The molecule has 19 heavy (non-hydrogen) atoms. The van der Waals surface area contributed by atoms with Gasteiger partial charge in [0.1, 0.15) is 6.10 Å². The lowest BCUT2D eigenvalue weighted by Crippen LogP contribution is -2.26. The van der Waals surface area contributed by atoms with Crippen LogP contribution in [0.15, 0.2) is 0 Å². The fourth-order valence-electron chi connectivity index (χ4n) is 2.06. The van der Waals surface area contributed by atoms with Gasteiger partial charge in [0, 0.05) is 13.5 Å². The van der Waals surface area contributed by atoms with Crippen LogP contribution in [-0.2, 0) is 23.1 Å². The molecule has 0 aliphatic carbocycles. The summed E-state index contributed by atoms with van der Waals surface area (Å²) in [7, 11) is -1.86. The van der Waals surface area contributed by atoms with Crippen LogP contribution >= 0.6 is 7.60 Å². The Balaban J connectivity index is 2.84. The van der Waals surface area contributed by atoms with E-state index in [9.17, 15) is 9.67 Å². The van der Waals surface area contributed by atoms with Gasteiger partial charge in [-0.15, -0.1) is 0 Å². The minimum Gasteiger partial charge on any atom is -0.394 e. The van der Waals surface area contributed by atoms with Crippen molar-refractivity contribution in [2.24, 2.45) is 0 Å². The highest BCUT2D eigenvalue weighted by Gasteiger charge is 2.48. The van der Waals surface area contributed by atoms with Crippen molar-refractivity contribution >= 4 is 7.60 Å². The lowest BCUT2D eigenvalue weighted by atomic mass is 10.2. The Labute approximate surface area is 114 Å². The Kier molecular flexibility index (Phi) is 6.43. The maximum absolute atomic E-state index is 12.9. The van der Waals surface area contributed by atoms with Crippen LogP contribution in [0.1, 0.15) is 34.1 Å². The van der Waals surface area contributed by atoms with Gasteiger partial charge in [-0.05, 0) is 27.7 Å². The molecule has 0 aromatic carbocycles. The molecule has 1 N–H and O–H groups in total. The van der Waals surface area contributed by atoms with Crippen molar-refractivity contribution < 1.29 is 28.2 Å². The number of hydrogen-bond donors (Lipinski definition) is 1. The van der Waals surface area contributed by atoms with E-state index in [4.69, 9.17) is 18.5 Å². The first-order chi connectivity index (χ1) is 8.82. The predicted octanol–water partition coefficient (Wildman–Crippen LogP) is 2.15. The van der Waals surface area contributed by atoms with Gasteiger partial charge in [0.05, 0.1) is 24.9 Å². The summed E-state index contributed by atoms with van der Waals surface area (Å²) in [5, 5.41) is 9.24. The topological polar surface area (TPSA) is 74.2 Å². The number of ether oxygens (including phenoxy) is 2. The Morgan fingerprint density at radius 2 is 1.79 bits per heavy atom. The number of aliphatic hydroxyl groups excluding tert-OH is 1. The molecule has 114 valence electrons. The van der Waals surface area contributed by atoms with Crippen LogP contribution in [0.25, 0.3) is 0 Å². The van der Waals surface area contributed by atoms with Crippen LogP contribution in [0.4, 0.5) is 0 Å². The average molecular weight is 296 g/mol. The van der Waals surface area contributed by atoms with Gasteiger partial charge in [-0.1, -0.05) is 0 Å². The highest BCUT2D eigenvalue weighted by molar-refractivity contribution is 7.54. The van der Waals surface area contributed by atoms with Crippen molar-refractivity contribution in [1.82, 2.24) is 0 Å². The fraction of sp³-hybridized carbons (Fsp3) is 1.00. The summed E-state index contributed by atoms with van der Waals surface area (Å²) in [6.07, 6.45) is -0.868. The van der Waals surface area contributed by atoms with Crippen LogP contribution in [-0.4, -0.2) is 49.1 Å². The summed E-state index contributed by atoms with van der Waals surface area (Å²) in [4.78, 5) is 0. The third-order valence-corrected chi connectivity index (χ3v) is 5.20. The van der Waals surface area contributed by atoms with Crippen LogP contribution in [0.3, 0.4) is 0 Å². The summed E-state index contributed by atoms with van der Waals surface area (Å²) in [6.45, 7) is 6.99. The van der Waals surface area contributed by atoms with E-state index in [2.05, 4.69) is 0 Å². The predicted molar refractivity (Wildman–Crippen MR) is 71.2 cm³/mol. The zero-order valence-electron chi connectivity index (χ0n) is 12.2. The quantitative estimate of drug-likeness (QED) is 0.726. The normalized spacial score (nSPS) is 28.5. The minimum absolute atomic E-state index is 0.182. The molecule has 0 radical (unpaired) electrons. The van der Waals surface area contributed by atoms with Crippen molar-refractivity contribution in [3.05, 3.63) is 0 Å². The molecule has 7 heteroatoms. The second-order valence-electron chi connectivity index (χ2n) is 5.17. The molecule has 0 spiro atoms. The maximum Gasteiger partial charge on any atom is 0.359 e. The van der Waals surface area contributed by atoms with Crippen molar-refractivity contribution in [3.63, 3.8) is 0 Å². The van der Waals surface area contributed by atoms with E-state index in [1.54, 1.807) is 27.7 Å². The molecule has 0 saturated carbocycles.